The second-order valence-corrected chi connectivity index (χ2v) is 7.30. The largest absolute Gasteiger partial charge is 0.493 e. The molecule has 1 aliphatic rings. The zero-order chi connectivity index (χ0) is 13.3. The number of alkyl halides is 1. The monoisotopic (exact) mass is 330 g/mol. The molecule has 100 valence electrons. The van der Waals surface area contributed by atoms with Crippen molar-refractivity contribution in [3.8, 4) is 5.75 Å². The van der Waals surface area contributed by atoms with E-state index < -0.39 is 0 Å². The Hall–Kier alpha value is -0.210. The van der Waals surface area contributed by atoms with E-state index in [0.717, 1.165) is 29.7 Å². The molecule has 3 heteroatoms. The van der Waals surface area contributed by atoms with Gasteiger partial charge in [0, 0.05) is 16.8 Å². The van der Waals surface area contributed by atoms with Crippen LogP contribution in [0.15, 0.2) is 16.6 Å². The molecule has 1 unspecified atom stereocenters. The molecule has 1 aliphatic heterocycles. The first-order valence-electron chi connectivity index (χ1n) is 6.42. The van der Waals surface area contributed by atoms with Gasteiger partial charge in [-0.2, -0.15) is 0 Å². The molecule has 1 heterocycles. The smallest absolute Gasteiger partial charge is 0.125 e. The van der Waals surface area contributed by atoms with Crippen molar-refractivity contribution >= 4 is 27.5 Å². The molecule has 0 aromatic heterocycles. The lowest BCUT2D eigenvalue weighted by Crippen LogP contribution is -2.24. The summed E-state index contributed by atoms with van der Waals surface area (Å²) in [6.07, 6.45) is 2.00. The van der Waals surface area contributed by atoms with Gasteiger partial charge >= 0.3 is 0 Å². The van der Waals surface area contributed by atoms with Crippen LogP contribution in [-0.2, 0) is 12.8 Å². The Bertz CT molecular complexity index is 437. The van der Waals surface area contributed by atoms with Crippen LogP contribution in [0.1, 0.15) is 31.9 Å². The zero-order valence-corrected chi connectivity index (χ0v) is 13.6. The van der Waals surface area contributed by atoms with Crippen molar-refractivity contribution < 1.29 is 4.74 Å². The van der Waals surface area contributed by atoms with Gasteiger partial charge < -0.3 is 4.74 Å². The van der Waals surface area contributed by atoms with Crippen molar-refractivity contribution in [1.29, 1.82) is 0 Å². The molecule has 1 aromatic carbocycles. The Kier molecular flexibility index (Phi) is 4.28. The fraction of sp³-hybridized carbons (Fsp3) is 0.600. The Balaban J connectivity index is 2.29. The average Bonchev–Trinajstić information content (AvgIpc) is 2.71. The maximum absolute atomic E-state index is 6.14. The summed E-state index contributed by atoms with van der Waals surface area (Å²) in [6, 6.07) is 4.34. The summed E-state index contributed by atoms with van der Waals surface area (Å²) in [5.41, 5.74) is 2.83. The molecular weight excluding hydrogens is 312 g/mol. The van der Waals surface area contributed by atoms with Crippen LogP contribution in [-0.4, -0.2) is 12.5 Å². The Morgan fingerprint density at radius 2 is 2.11 bits per heavy atom. The van der Waals surface area contributed by atoms with E-state index in [1.54, 1.807) is 0 Å². The summed E-state index contributed by atoms with van der Waals surface area (Å²) in [7, 11) is 0. The van der Waals surface area contributed by atoms with E-state index in [4.69, 9.17) is 16.3 Å². The van der Waals surface area contributed by atoms with E-state index in [1.807, 2.05) is 0 Å². The van der Waals surface area contributed by atoms with Gasteiger partial charge in [0.1, 0.15) is 5.75 Å². The molecule has 0 N–H and O–H groups in total. The number of hydrogen-bond acceptors (Lipinski definition) is 1. The number of rotatable bonds is 3. The van der Waals surface area contributed by atoms with Crippen LogP contribution in [0.25, 0.3) is 0 Å². The van der Waals surface area contributed by atoms with E-state index >= 15 is 0 Å². The van der Waals surface area contributed by atoms with Crippen molar-refractivity contribution in [2.24, 2.45) is 11.3 Å². The molecular formula is C15H20BrClO. The first-order valence-corrected chi connectivity index (χ1v) is 7.74. The summed E-state index contributed by atoms with van der Waals surface area (Å²) >= 11 is 9.73. The van der Waals surface area contributed by atoms with Crippen LogP contribution in [0.3, 0.4) is 0 Å². The van der Waals surface area contributed by atoms with E-state index in [9.17, 15) is 0 Å². The molecule has 0 saturated heterocycles. The van der Waals surface area contributed by atoms with Gasteiger partial charge in [-0.25, -0.2) is 0 Å². The second-order valence-electron chi connectivity index (χ2n) is 6.07. The molecule has 1 nitrogen and oxygen atoms in total. The summed E-state index contributed by atoms with van der Waals surface area (Å²) in [5, 5.41) is 0. The molecule has 0 amide bonds. The fourth-order valence-electron chi connectivity index (χ4n) is 2.36. The van der Waals surface area contributed by atoms with Crippen LogP contribution < -0.4 is 4.74 Å². The van der Waals surface area contributed by atoms with Crippen LogP contribution in [0.5, 0.6) is 5.75 Å². The predicted octanol–water partition coefficient (Wildman–Crippen LogP) is 4.83. The third kappa shape index (κ3) is 3.03. The number of hydrogen-bond donors (Lipinski definition) is 0. The lowest BCUT2D eigenvalue weighted by Gasteiger charge is -2.29. The molecule has 1 atom stereocenters. The molecule has 0 saturated carbocycles. The van der Waals surface area contributed by atoms with Crippen molar-refractivity contribution in [2.75, 3.05) is 12.5 Å². The molecule has 18 heavy (non-hydrogen) atoms. The van der Waals surface area contributed by atoms with Crippen LogP contribution in [0.2, 0.25) is 0 Å². The summed E-state index contributed by atoms with van der Waals surface area (Å²) in [5.74, 6) is 2.24. The highest BCUT2D eigenvalue weighted by Crippen LogP contribution is 2.37. The van der Waals surface area contributed by atoms with Gasteiger partial charge in [0.25, 0.3) is 0 Å². The topological polar surface area (TPSA) is 9.23 Å². The van der Waals surface area contributed by atoms with Crippen LogP contribution in [0, 0.1) is 11.3 Å². The predicted molar refractivity (Wildman–Crippen MR) is 80.7 cm³/mol. The van der Waals surface area contributed by atoms with Gasteiger partial charge in [0.15, 0.2) is 0 Å². The summed E-state index contributed by atoms with van der Waals surface area (Å²) in [4.78, 5) is 0. The third-order valence-corrected chi connectivity index (χ3v) is 4.53. The molecule has 1 aromatic rings. The normalized spacial score (nSPS) is 16.3. The van der Waals surface area contributed by atoms with Crippen molar-refractivity contribution in [2.45, 2.75) is 33.6 Å². The Morgan fingerprint density at radius 3 is 2.72 bits per heavy atom. The standard InChI is InChI=1S/C15H20BrClO/c1-15(2,3)12(9-17)6-11-8-13(16)7-10-4-5-18-14(10)11/h7-8,12H,4-6,9H2,1-3H3. The van der Waals surface area contributed by atoms with E-state index in [0.29, 0.717) is 11.8 Å². The van der Waals surface area contributed by atoms with Gasteiger partial charge in [-0.15, -0.1) is 11.6 Å². The summed E-state index contributed by atoms with van der Waals surface area (Å²) < 4.78 is 6.92. The Labute approximate surface area is 123 Å². The van der Waals surface area contributed by atoms with Gasteiger partial charge in [-0.05, 0) is 41.0 Å². The first kappa shape index (κ1) is 14.2. The van der Waals surface area contributed by atoms with Crippen molar-refractivity contribution in [1.82, 2.24) is 0 Å². The van der Waals surface area contributed by atoms with Gasteiger partial charge in [0.05, 0.1) is 6.61 Å². The maximum Gasteiger partial charge on any atom is 0.125 e. The highest BCUT2D eigenvalue weighted by atomic mass is 79.9. The summed E-state index contributed by atoms with van der Waals surface area (Å²) in [6.45, 7) is 7.55. The minimum absolute atomic E-state index is 0.218. The number of benzene rings is 1. The molecule has 0 aliphatic carbocycles. The van der Waals surface area contributed by atoms with E-state index in [2.05, 4.69) is 48.8 Å². The van der Waals surface area contributed by atoms with Crippen LogP contribution in [0.4, 0.5) is 0 Å². The first-order chi connectivity index (χ1) is 8.41. The second kappa shape index (κ2) is 5.42. The number of fused-ring (bicyclic) bond motifs is 1. The quantitative estimate of drug-likeness (QED) is 0.721. The lowest BCUT2D eigenvalue weighted by atomic mass is 9.78. The SMILES string of the molecule is CC(C)(C)C(CCl)Cc1cc(Br)cc2c1OCC2. The van der Waals surface area contributed by atoms with Gasteiger partial charge in [-0.1, -0.05) is 36.7 Å². The van der Waals surface area contributed by atoms with Crippen LogP contribution >= 0.6 is 27.5 Å². The molecule has 2 rings (SSSR count). The van der Waals surface area contributed by atoms with Gasteiger partial charge in [-0.3, -0.25) is 0 Å². The maximum atomic E-state index is 6.14. The fourth-order valence-corrected chi connectivity index (χ4v) is 3.48. The molecule has 0 fully saturated rings. The highest BCUT2D eigenvalue weighted by Gasteiger charge is 2.27. The average molecular weight is 332 g/mol. The minimum atomic E-state index is 0.218. The van der Waals surface area contributed by atoms with Crippen molar-refractivity contribution in [3.05, 3.63) is 27.7 Å². The zero-order valence-electron chi connectivity index (χ0n) is 11.2. The molecule has 0 spiro atoms. The lowest BCUT2D eigenvalue weighted by molar-refractivity contribution is 0.260. The van der Waals surface area contributed by atoms with Crippen molar-refractivity contribution in [3.63, 3.8) is 0 Å². The minimum Gasteiger partial charge on any atom is -0.493 e. The van der Waals surface area contributed by atoms with E-state index in [1.165, 1.54) is 11.1 Å². The molecule has 0 bridgehead atoms. The number of ether oxygens (including phenoxy) is 1. The van der Waals surface area contributed by atoms with E-state index in [-0.39, 0.29) is 5.41 Å². The third-order valence-electron chi connectivity index (χ3n) is 3.70. The number of halogens is 2. The van der Waals surface area contributed by atoms with Gasteiger partial charge in [0.2, 0.25) is 0 Å². The molecule has 0 radical (unpaired) electrons. The Morgan fingerprint density at radius 1 is 1.39 bits per heavy atom. The highest BCUT2D eigenvalue weighted by molar-refractivity contribution is 9.10.